The van der Waals surface area contributed by atoms with Gasteiger partial charge in [-0.15, -0.1) is 24.0 Å². The van der Waals surface area contributed by atoms with Crippen LogP contribution in [0.3, 0.4) is 0 Å². The van der Waals surface area contributed by atoms with Gasteiger partial charge in [-0.25, -0.2) is 0 Å². The molecule has 1 rings (SSSR count). The molecule has 0 aliphatic carbocycles. The van der Waals surface area contributed by atoms with E-state index in [1.165, 1.54) is 0 Å². The summed E-state index contributed by atoms with van der Waals surface area (Å²) >= 11 is 5.99. The summed E-state index contributed by atoms with van der Waals surface area (Å²) < 4.78 is 0. The Labute approximate surface area is 160 Å². The van der Waals surface area contributed by atoms with Crippen molar-refractivity contribution in [3.63, 3.8) is 0 Å². The lowest BCUT2D eigenvalue weighted by atomic mass is 10.1. The second-order valence-electron chi connectivity index (χ2n) is 6.18. The fourth-order valence-electron chi connectivity index (χ4n) is 1.99. The first-order valence-electron chi connectivity index (χ1n) is 7.18. The van der Waals surface area contributed by atoms with Crippen molar-refractivity contribution in [2.75, 3.05) is 20.6 Å². The minimum Gasteiger partial charge on any atom is -0.350 e. The van der Waals surface area contributed by atoms with Gasteiger partial charge in [0.1, 0.15) is 0 Å². The van der Waals surface area contributed by atoms with E-state index in [4.69, 9.17) is 11.6 Å². The number of hydrogen-bond donors (Lipinski definition) is 2. The zero-order valence-corrected chi connectivity index (χ0v) is 17.4. The summed E-state index contributed by atoms with van der Waals surface area (Å²) in [6.07, 6.45) is 0. The van der Waals surface area contributed by atoms with Crippen LogP contribution in [0.15, 0.2) is 29.3 Å². The second kappa shape index (κ2) is 9.97. The molecule has 0 unspecified atom stereocenters. The first-order valence-corrected chi connectivity index (χ1v) is 7.56. The van der Waals surface area contributed by atoms with E-state index in [0.717, 1.165) is 5.56 Å². The highest BCUT2D eigenvalue weighted by molar-refractivity contribution is 14.0. The zero-order chi connectivity index (χ0) is 16.8. The molecule has 0 bridgehead atoms. The number of halogens is 2. The molecule has 5 nitrogen and oxygen atoms in total. The molecule has 23 heavy (non-hydrogen) atoms. The molecule has 0 saturated heterocycles. The number of benzene rings is 1. The molecule has 1 aromatic carbocycles. The number of carbonyl (C=O) groups excluding carboxylic acids is 1. The van der Waals surface area contributed by atoms with Gasteiger partial charge < -0.3 is 15.5 Å². The number of rotatable bonds is 4. The Morgan fingerprint density at radius 1 is 1.35 bits per heavy atom. The first kappa shape index (κ1) is 22.0. The summed E-state index contributed by atoms with van der Waals surface area (Å²) in [5.41, 5.74) is 0.840. The van der Waals surface area contributed by atoms with Crippen molar-refractivity contribution in [1.29, 1.82) is 0 Å². The van der Waals surface area contributed by atoms with E-state index in [9.17, 15) is 4.79 Å². The van der Waals surface area contributed by atoms with Crippen LogP contribution in [0.2, 0.25) is 5.02 Å². The molecule has 1 aromatic rings. The summed E-state index contributed by atoms with van der Waals surface area (Å²) in [6.45, 7) is 6.69. The maximum Gasteiger partial charge on any atom is 0.239 e. The summed E-state index contributed by atoms with van der Waals surface area (Å²) in [5.74, 6) is 0.592. The van der Waals surface area contributed by atoms with Crippen LogP contribution in [0.4, 0.5) is 0 Å². The molecule has 0 saturated carbocycles. The zero-order valence-electron chi connectivity index (χ0n) is 14.3. The van der Waals surface area contributed by atoms with Crippen LogP contribution in [0.25, 0.3) is 0 Å². The number of nitrogens with zero attached hydrogens (tertiary/aromatic N) is 2. The number of aliphatic imine (C=N–C) groups is 1. The third-order valence-electron chi connectivity index (χ3n) is 2.80. The van der Waals surface area contributed by atoms with Gasteiger partial charge in [0, 0.05) is 31.2 Å². The molecule has 0 radical (unpaired) electrons. The number of carbonyl (C=O) groups is 1. The average molecular weight is 453 g/mol. The molecule has 1 amide bonds. The third kappa shape index (κ3) is 9.00. The molecule has 7 heteroatoms. The van der Waals surface area contributed by atoms with E-state index in [1.807, 2.05) is 57.0 Å². The molecule has 0 aliphatic heterocycles. The second-order valence-corrected chi connectivity index (χ2v) is 6.62. The molecule has 0 atom stereocenters. The number of hydrogen-bond acceptors (Lipinski definition) is 2. The van der Waals surface area contributed by atoms with Crippen LogP contribution in [-0.2, 0) is 11.3 Å². The normalized spacial score (nSPS) is 11.5. The predicted octanol–water partition coefficient (Wildman–Crippen LogP) is 2.88. The molecule has 0 spiro atoms. The van der Waals surface area contributed by atoms with Crippen molar-refractivity contribution in [3.05, 3.63) is 34.9 Å². The Bertz CT molecular complexity index is 543. The maximum absolute atomic E-state index is 11.8. The van der Waals surface area contributed by atoms with Gasteiger partial charge in [0.2, 0.25) is 5.91 Å². The molecular formula is C16H26ClIN4O. The topological polar surface area (TPSA) is 56.7 Å². The SMILES string of the molecule is CN=C(NCC(=O)NC(C)(C)C)N(C)Cc1cccc(Cl)c1.I. The van der Waals surface area contributed by atoms with Gasteiger partial charge in [0.15, 0.2) is 5.96 Å². The number of nitrogens with one attached hydrogen (secondary N) is 2. The van der Waals surface area contributed by atoms with Gasteiger partial charge in [0.25, 0.3) is 0 Å². The van der Waals surface area contributed by atoms with E-state index >= 15 is 0 Å². The Hall–Kier alpha value is -1.02. The van der Waals surface area contributed by atoms with Crippen LogP contribution >= 0.6 is 35.6 Å². The largest absolute Gasteiger partial charge is 0.350 e. The molecule has 2 N–H and O–H groups in total. The van der Waals surface area contributed by atoms with Gasteiger partial charge in [-0.2, -0.15) is 0 Å². The molecule has 130 valence electrons. The van der Waals surface area contributed by atoms with E-state index < -0.39 is 0 Å². The van der Waals surface area contributed by atoms with Gasteiger partial charge >= 0.3 is 0 Å². The monoisotopic (exact) mass is 452 g/mol. The van der Waals surface area contributed by atoms with E-state index in [-0.39, 0.29) is 42.0 Å². The van der Waals surface area contributed by atoms with Gasteiger partial charge in [-0.05, 0) is 38.5 Å². The predicted molar refractivity (Wildman–Crippen MR) is 108 cm³/mol. The molecule has 0 aliphatic rings. The Kier molecular flexibility index (Phi) is 9.53. The van der Waals surface area contributed by atoms with Crippen LogP contribution in [0, 0.1) is 0 Å². The van der Waals surface area contributed by atoms with E-state index in [2.05, 4.69) is 15.6 Å². The van der Waals surface area contributed by atoms with Crippen molar-refractivity contribution in [3.8, 4) is 0 Å². The Morgan fingerprint density at radius 3 is 2.52 bits per heavy atom. The van der Waals surface area contributed by atoms with Crippen molar-refractivity contribution in [2.45, 2.75) is 32.9 Å². The molecule has 0 aromatic heterocycles. The average Bonchev–Trinajstić information content (AvgIpc) is 2.37. The van der Waals surface area contributed by atoms with E-state index in [1.54, 1.807) is 7.05 Å². The van der Waals surface area contributed by atoms with E-state index in [0.29, 0.717) is 17.5 Å². The highest BCUT2D eigenvalue weighted by atomic mass is 127. The number of guanidine groups is 1. The summed E-state index contributed by atoms with van der Waals surface area (Å²) in [6, 6.07) is 7.67. The fraction of sp³-hybridized carbons (Fsp3) is 0.500. The quantitative estimate of drug-likeness (QED) is 0.420. The van der Waals surface area contributed by atoms with Crippen molar-refractivity contribution in [1.82, 2.24) is 15.5 Å². The lowest BCUT2D eigenvalue weighted by molar-refractivity contribution is -0.121. The smallest absolute Gasteiger partial charge is 0.239 e. The number of amides is 1. The highest BCUT2D eigenvalue weighted by Crippen LogP contribution is 2.12. The van der Waals surface area contributed by atoms with Crippen LogP contribution < -0.4 is 10.6 Å². The maximum atomic E-state index is 11.8. The molecule has 0 heterocycles. The summed E-state index contributed by atoms with van der Waals surface area (Å²) in [7, 11) is 3.61. The lowest BCUT2D eigenvalue weighted by Crippen LogP contribution is -2.48. The van der Waals surface area contributed by atoms with Crippen molar-refractivity contribution < 1.29 is 4.79 Å². The molecule has 0 fully saturated rings. The summed E-state index contributed by atoms with van der Waals surface area (Å²) in [5, 5.41) is 6.67. The van der Waals surface area contributed by atoms with Crippen molar-refractivity contribution in [2.24, 2.45) is 4.99 Å². The standard InChI is InChI=1S/C16H25ClN4O.HI/c1-16(2,3)20-14(22)10-19-15(18-4)21(5)11-12-7-6-8-13(17)9-12;/h6-9H,10-11H2,1-5H3,(H,18,19)(H,20,22);1H. The van der Waals surface area contributed by atoms with Crippen LogP contribution in [0.1, 0.15) is 26.3 Å². The van der Waals surface area contributed by atoms with Crippen molar-refractivity contribution >= 4 is 47.4 Å². The van der Waals surface area contributed by atoms with Crippen LogP contribution in [-0.4, -0.2) is 42.9 Å². The van der Waals surface area contributed by atoms with Gasteiger partial charge in [-0.3, -0.25) is 9.79 Å². The Balaban J connectivity index is 0.00000484. The van der Waals surface area contributed by atoms with Crippen LogP contribution in [0.5, 0.6) is 0 Å². The van der Waals surface area contributed by atoms with Gasteiger partial charge in [-0.1, -0.05) is 23.7 Å². The minimum atomic E-state index is -0.241. The summed E-state index contributed by atoms with van der Waals surface area (Å²) in [4.78, 5) is 18.0. The third-order valence-corrected chi connectivity index (χ3v) is 3.04. The lowest BCUT2D eigenvalue weighted by Gasteiger charge is -2.24. The molecular weight excluding hydrogens is 427 g/mol. The fourth-order valence-corrected chi connectivity index (χ4v) is 2.20. The first-order chi connectivity index (χ1) is 10.2. The highest BCUT2D eigenvalue weighted by Gasteiger charge is 2.14. The minimum absolute atomic E-state index is 0. The van der Waals surface area contributed by atoms with Gasteiger partial charge in [0.05, 0.1) is 6.54 Å². The Morgan fingerprint density at radius 2 is 2.00 bits per heavy atom.